The van der Waals surface area contributed by atoms with Gasteiger partial charge in [-0.3, -0.25) is 10.1 Å². The highest BCUT2D eigenvalue weighted by atomic mass is 32.2. The topological polar surface area (TPSA) is 122 Å². The molecule has 1 amide bonds. The molecule has 14 heteroatoms. The molecule has 0 unspecified atom stereocenters. The SMILES string of the molecule is Bc1nnc(NC(=O)[C@@](C)(O)CS(=O)(=O)c2ccc(F)cc2)nc1C(F)(F)F. The predicted molar refractivity (Wildman–Crippen MR) is 90.7 cm³/mol. The summed E-state index contributed by atoms with van der Waals surface area (Å²) in [5.74, 6) is -4.03. The first-order valence-corrected chi connectivity index (χ1v) is 9.18. The smallest absolute Gasteiger partial charge is 0.379 e. The molecule has 0 fully saturated rings. The number of hydrogen-bond acceptors (Lipinski definition) is 7. The van der Waals surface area contributed by atoms with Gasteiger partial charge < -0.3 is 5.11 Å². The van der Waals surface area contributed by atoms with Gasteiger partial charge in [0.1, 0.15) is 5.82 Å². The second kappa shape index (κ2) is 7.43. The lowest BCUT2D eigenvalue weighted by Crippen LogP contribution is -2.46. The Morgan fingerprint density at radius 1 is 1.21 bits per heavy atom. The van der Waals surface area contributed by atoms with Crippen LogP contribution in [-0.4, -0.2) is 53.8 Å². The highest BCUT2D eigenvalue weighted by Crippen LogP contribution is 2.26. The fourth-order valence-electron chi connectivity index (χ4n) is 2.10. The molecule has 2 rings (SSSR count). The molecule has 2 N–H and O–H groups in total. The normalized spacial score (nSPS) is 14.4. The molecule has 8 nitrogen and oxygen atoms in total. The van der Waals surface area contributed by atoms with Crippen LogP contribution in [0.25, 0.3) is 0 Å². The highest BCUT2D eigenvalue weighted by Gasteiger charge is 2.39. The molecule has 0 saturated carbocycles. The van der Waals surface area contributed by atoms with Gasteiger partial charge in [0.05, 0.1) is 10.6 Å². The van der Waals surface area contributed by atoms with Gasteiger partial charge in [0.15, 0.2) is 29.0 Å². The zero-order valence-corrected chi connectivity index (χ0v) is 15.3. The molecule has 0 aliphatic rings. The van der Waals surface area contributed by atoms with E-state index >= 15 is 0 Å². The van der Waals surface area contributed by atoms with Crippen LogP contribution in [0.1, 0.15) is 12.6 Å². The van der Waals surface area contributed by atoms with E-state index in [2.05, 4.69) is 15.2 Å². The molecule has 1 heterocycles. The van der Waals surface area contributed by atoms with E-state index in [4.69, 9.17) is 0 Å². The van der Waals surface area contributed by atoms with E-state index in [9.17, 15) is 35.9 Å². The monoisotopic (exact) mass is 420 g/mol. The number of amides is 1. The maximum atomic E-state index is 12.9. The summed E-state index contributed by atoms with van der Waals surface area (Å²) in [7, 11) is -3.21. The number of anilines is 1. The van der Waals surface area contributed by atoms with Gasteiger partial charge in [-0.15, -0.1) is 5.10 Å². The summed E-state index contributed by atoms with van der Waals surface area (Å²) in [6, 6.07) is 3.65. The zero-order valence-electron chi connectivity index (χ0n) is 14.5. The molecule has 2 aromatic rings. The largest absolute Gasteiger partial charge is 0.434 e. The number of carbonyl (C=O) groups excluding carboxylic acids is 1. The summed E-state index contributed by atoms with van der Waals surface area (Å²) in [6.07, 6.45) is -4.85. The number of halogens is 4. The number of rotatable bonds is 5. The fourth-order valence-corrected chi connectivity index (χ4v) is 3.69. The van der Waals surface area contributed by atoms with Crippen molar-refractivity contribution in [3.05, 3.63) is 35.8 Å². The van der Waals surface area contributed by atoms with Gasteiger partial charge in [0.2, 0.25) is 5.95 Å². The van der Waals surface area contributed by atoms with Gasteiger partial charge in [-0.25, -0.2) is 17.8 Å². The first-order valence-electron chi connectivity index (χ1n) is 7.53. The van der Waals surface area contributed by atoms with E-state index in [0.717, 1.165) is 39.0 Å². The molecule has 0 radical (unpaired) electrons. The van der Waals surface area contributed by atoms with Gasteiger partial charge in [0, 0.05) is 5.59 Å². The first-order chi connectivity index (χ1) is 12.7. The van der Waals surface area contributed by atoms with Crippen LogP contribution < -0.4 is 10.9 Å². The van der Waals surface area contributed by atoms with Crippen LogP contribution >= 0.6 is 0 Å². The second-order valence-electron chi connectivity index (χ2n) is 6.01. The predicted octanol–water partition coefficient (Wildman–Crippen LogP) is -0.549. The Labute approximate surface area is 157 Å². The number of nitrogens with one attached hydrogen (secondary N) is 1. The van der Waals surface area contributed by atoms with Crippen molar-refractivity contribution in [1.29, 1.82) is 0 Å². The van der Waals surface area contributed by atoms with Gasteiger partial charge in [0.25, 0.3) is 5.91 Å². The summed E-state index contributed by atoms with van der Waals surface area (Å²) in [4.78, 5) is 14.9. The lowest BCUT2D eigenvalue weighted by Gasteiger charge is -2.21. The second-order valence-corrected chi connectivity index (χ2v) is 8.00. The van der Waals surface area contributed by atoms with E-state index in [-0.39, 0.29) is 4.90 Å². The number of aliphatic hydroxyl groups is 1. The van der Waals surface area contributed by atoms with E-state index in [0.29, 0.717) is 0 Å². The van der Waals surface area contributed by atoms with E-state index in [1.54, 1.807) is 5.32 Å². The van der Waals surface area contributed by atoms with Crippen LogP contribution in [0.15, 0.2) is 29.2 Å². The average molecular weight is 420 g/mol. The van der Waals surface area contributed by atoms with Gasteiger partial charge in [-0.1, -0.05) is 0 Å². The number of benzene rings is 1. The fraction of sp³-hybridized carbons (Fsp3) is 0.286. The minimum Gasteiger partial charge on any atom is -0.379 e. The number of hydrogen-bond donors (Lipinski definition) is 2. The Balaban J connectivity index is 2.22. The number of alkyl halides is 3. The lowest BCUT2D eigenvalue weighted by atomic mass is 10.0. The Kier molecular flexibility index (Phi) is 5.76. The number of carbonyl (C=O) groups is 1. The zero-order chi connectivity index (χ0) is 21.3. The van der Waals surface area contributed by atoms with Crippen LogP contribution in [0.4, 0.5) is 23.5 Å². The van der Waals surface area contributed by atoms with Crippen LogP contribution in [0.3, 0.4) is 0 Å². The van der Waals surface area contributed by atoms with Gasteiger partial charge in [-0.2, -0.15) is 18.3 Å². The van der Waals surface area contributed by atoms with Crippen molar-refractivity contribution in [3.8, 4) is 0 Å². The molecule has 150 valence electrons. The van der Waals surface area contributed by atoms with Crippen molar-refractivity contribution in [1.82, 2.24) is 15.2 Å². The molecule has 28 heavy (non-hydrogen) atoms. The van der Waals surface area contributed by atoms with Crippen molar-refractivity contribution in [3.63, 3.8) is 0 Å². The van der Waals surface area contributed by atoms with Crippen LogP contribution in [0, 0.1) is 5.82 Å². The summed E-state index contributed by atoms with van der Waals surface area (Å²) in [6.45, 7) is 0.843. The molecule has 0 spiro atoms. The molecule has 0 saturated heterocycles. The number of nitrogens with zero attached hydrogens (tertiary/aromatic N) is 3. The lowest BCUT2D eigenvalue weighted by molar-refractivity contribution is -0.140. The molecule has 0 aliphatic heterocycles. The molecule has 1 aromatic heterocycles. The Bertz CT molecular complexity index is 997. The van der Waals surface area contributed by atoms with Crippen molar-refractivity contribution < 1.29 is 35.9 Å². The standard InChI is InChI=1S/C14H13BF4N4O4S/c1-13(25,6-28(26,27)8-4-2-7(16)3-5-8)11(24)21-12-20-9(14(17,18)19)10(15)22-23-12/h2-5,25H,6,15H2,1H3,(H,20,21,23,24)/t13-/m0/s1. The van der Waals surface area contributed by atoms with Crippen molar-refractivity contribution in [2.45, 2.75) is 23.6 Å². The molecular formula is C14H13BF4N4O4S. The van der Waals surface area contributed by atoms with Gasteiger partial charge >= 0.3 is 6.18 Å². The van der Waals surface area contributed by atoms with Crippen molar-refractivity contribution >= 4 is 35.1 Å². The Hall–Kier alpha value is -2.61. The Morgan fingerprint density at radius 3 is 2.32 bits per heavy atom. The number of aromatic nitrogens is 3. The first kappa shape index (κ1) is 21.7. The molecule has 1 atom stereocenters. The third-order valence-corrected chi connectivity index (χ3v) is 5.41. The molecule has 0 bridgehead atoms. The van der Waals surface area contributed by atoms with Crippen molar-refractivity contribution in [2.24, 2.45) is 0 Å². The molecule has 1 aromatic carbocycles. The maximum Gasteiger partial charge on any atom is 0.434 e. The third kappa shape index (κ3) is 5.01. The summed E-state index contributed by atoms with van der Waals surface area (Å²) >= 11 is 0. The molecule has 0 aliphatic carbocycles. The summed E-state index contributed by atoms with van der Waals surface area (Å²) < 4.78 is 76.0. The quantitative estimate of drug-likeness (QED) is 0.378. The molecular weight excluding hydrogens is 407 g/mol. The van der Waals surface area contributed by atoms with E-state index in [1.807, 2.05) is 0 Å². The van der Waals surface area contributed by atoms with Crippen LogP contribution in [0.5, 0.6) is 0 Å². The maximum absolute atomic E-state index is 12.9. The summed E-state index contributed by atoms with van der Waals surface area (Å²) in [5, 5.41) is 18.5. The Morgan fingerprint density at radius 2 is 1.79 bits per heavy atom. The van der Waals surface area contributed by atoms with Crippen LogP contribution in [0.2, 0.25) is 0 Å². The van der Waals surface area contributed by atoms with Gasteiger partial charge in [-0.05, 0) is 31.2 Å². The minimum atomic E-state index is -4.85. The minimum absolute atomic E-state index is 0.352. The van der Waals surface area contributed by atoms with E-state index < -0.39 is 56.3 Å². The van der Waals surface area contributed by atoms with E-state index in [1.165, 1.54) is 0 Å². The number of sulfone groups is 1. The van der Waals surface area contributed by atoms with Crippen LogP contribution in [-0.2, 0) is 20.8 Å². The van der Waals surface area contributed by atoms with Crippen molar-refractivity contribution in [2.75, 3.05) is 11.1 Å². The highest BCUT2D eigenvalue weighted by molar-refractivity contribution is 7.91. The third-order valence-electron chi connectivity index (χ3n) is 3.48. The summed E-state index contributed by atoms with van der Waals surface area (Å²) in [5.41, 5.74) is -4.48. The average Bonchev–Trinajstić information content (AvgIpc) is 2.55.